The SMILES string of the molecule is Cc1nc(C)c(C#N)c(-c2ccc(Cl)cc2)c1N. The Balaban J connectivity index is 2.77. The van der Waals surface area contributed by atoms with Crippen molar-refractivity contribution in [2.24, 2.45) is 0 Å². The summed E-state index contributed by atoms with van der Waals surface area (Å²) in [5.41, 5.74) is 10.1. The van der Waals surface area contributed by atoms with Gasteiger partial charge in [-0.25, -0.2) is 0 Å². The molecule has 0 aliphatic rings. The lowest BCUT2D eigenvalue weighted by molar-refractivity contribution is 1.12. The van der Waals surface area contributed by atoms with Gasteiger partial charge < -0.3 is 5.73 Å². The van der Waals surface area contributed by atoms with Crippen LogP contribution in [0.15, 0.2) is 24.3 Å². The van der Waals surface area contributed by atoms with Crippen LogP contribution in [-0.4, -0.2) is 4.98 Å². The van der Waals surface area contributed by atoms with E-state index in [1.807, 2.05) is 26.0 Å². The van der Waals surface area contributed by atoms with Gasteiger partial charge in [0.05, 0.1) is 22.6 Å². The summed E-state index contributed by atoms with van der Waals surface area (Å²) in [7, 11) is 0. The molecule has 0 unspecified atom stereocenters. The molecule has 2 N–H and O–H groups in total. The number of benzene rings is 1. The van der Waals surface area contributed by atoms with E-state index in [-0.39, 0.29) is 0 Å². The number of rotatable bonds is 1. The van der Waals surface area contributed by atoms with Gasteiger partial charge in [-0.3, -0.25) is 4.98 Å². The third kappa shape index (κ3) is 2.03. The standard InChI is InChI=1S/C14H12ClN3/c1-8-12(7-16)13(14(17)9(2)18-8)10-3-5-11(15)6-4-10/h3-6H,17H2,1-2H3. The molecule has 2 rings (SSSR count). The van der Waals surface area contributed by atoms with Gasteiger partial charge >= 0.3 is 0 Å². The van der Waals surface area contributed by atoms with Crippen molar-refractivity contribution in [2.75, 3.05) is 5.73 Å². The Kier molecular flexibility index (Phi) is 3.22. The van der Waals surface area contributed by atoms with Gasteiger partial charge in [-0.2, -0.15) is 5.26 Å². The molecule has 0 aliphatic heterocycles. The number of nitriles is 1. The Hall–Kier alpha value is -2.05. The van der Waals surface area contributed by atoms with Crippen molar-refractivity contribution in [1.29, 1.82) is 5.26 Å². The number of hydrogen-bond acceptors (Lipinski definition) is 3. The third-order valence-corrected chi connectivity index (χ3v) is 3.10. The van der Waals surface area contributed by atoms with Crippen LogP contribution in [0.1, 0.15) is 17.0 Å². The van der Waals surface area contributed by atoms with Gasteiger partial charge in [-0.1, -0.05) is 23.7 Å². The number of nitrogens with zero attached hydrogens (tertiary/aromatic N) is 2. The molecule has 0 radical (unpaired) electrons. The Morgan fingerprint density at radius 2 is 1.78 bits per heavy atom. The summed E-state index contributed by atoms with van der Waals surface area (Å²) in [6.45, 7) is 3.65. The first kappa shape index (κ1) is 12.4. The van der Waals surface area contributed by atoms with Gasteiger partial charge in [0.25, 0.3) is 0 Å². The maximum absolute atomic E-state index is 9.26. The smallest absolute Gasteiger partial charge is 0.102 e. The topological polar surface area (TPSA) is 62.7 Å². The molecule has 1 aromatic heterocycles. The van der Waals surface area contributed by atoms with Crippen molar-refractivity contribution in [3.63, 3.8) is 0 Å². The average Bonchev–Trinajstić information content (AvgIpc) is 2.35. The number of aromatic nitrogens is 1. The molecular weight excluding hydrogens is 246 g/mol. The van der Waals surface area contributed by atoms with Crippen LogP contribution >= 0.6 is 11.6 Å². The van der Waals surface area contributed by atoms with E-state index in [0.29, 0.717) is 22.0 Å². The highest BCUT2D eigenvalue weighted by atomic mass is 35.5. The van der Waals surface area contributed by atoms with Gasteiger partial charge in [0.1, 0.15) is 6.07 Å². The van der Waals surface area contributed by atoms with E-state index in [1.54, 1.807) is 12.1 Å². The largest absolute Gasteiger partial charge is 0.397 e. The van der Waals surface area contributed by atoms with Crippen LogP contribution in [0.25, 0.3) is 11.1 Å². The zero-order chi connectivity index (χ0) is 13.3. The Labute approximate surface area is 111 Å². The van der Waals surface area contributed by atoms with E-state index in [1.165, 1.54) is 0 Å². The number of hydrogen-bond donors (Lipinski definition) is 1. The minimum absolute atomic E-state index is 0.514. The fourth-order valence-electron chi connectivity index (χ4n) is 1.92. The highest BCUT2D eigenvalue weighted by Gasteiger charge is 2.15. The first-order valence-corrected chi connectivity index (χ1v) is 5.85. The highest BCUT2D eigenvalue weighted by molar-refractivity contribution is 6.30. The van der Waals surface area contributed by atoms with Gasteiger partial charge in [0.2, 0.25) is 0 Å². The number of nitrogens with two attached hydrogens (primary N) is 1. The molecule has 0 spiro atoms. The molecule has 0 atom stereocenters. The zero-order valence-electron chi connectivity index (χ0n) is 10.2. The van der Waals surface area contributed by atoms with Crippen molar-refractivity contribution < 1.29 is 0 Å². The molecule has 18 heavy (non-hydrogen) atoms. The number of pyridine rings is 1. The summed E-state index contributed by atoms with van der Waals surface area (Å²) < 4.78 is 0. The van der Waals surface area contributed by atoms with Crippen molar-refractivity contribution >= 4 is 17.3 Å². The molecule has 2 aromatic rings. The van der Waals surface area contributed by atoms with E-state index in [2.05, 4.69) is 11.1 Å². The van der Waals surface area contributed by atoms with Crippen molar-refractivity contribution in [2.45, 2.75) is 13.8 Å². The zero-order valence-corrected chi connectivity index (χ0v) is 10.9. The monoisotopic (exact) mass is 257 g/mol. The lowest BCUT2D eigenvalue weighted by Crippen LogP contribution is -2.02. The molecule has 0 fully saturated rings. The molecule has 1 heterocycles. The summed E-state index contributed by atoms with van der Waals surface area (Å²) in [6, 6.07) is 9.44. The molecule has 0 amide bonds. The van der Waals surface area contributed by atoms with Gasteiger partial charge in [-0.05, 0) is 31.5 Å². The van der Waals surface area contributed by atoms with Crippen LogP contribution in [-0.2, 0) is 0 Å². The van der Waals surface area contributed by atoms with Crippen molar-refractivity contribution in [1.82, 2.24) is 4.98 Å². The molecule has 90 valence electrons. The van der Waals surface area contributed by atoms with E-state index in [4.69, 9.17) is 17.3 Å². The molecule has 0 saturated heterocycles. The molecular formula is C14H12ClN3. The third-order valence-electron chi connectivity index (χ3n) is 2.85. The predicted octanol–water partition coefficient (Wildman–Crippen LogP) is 3.47. The second-order valence-electron chi connectivity index (χ2n) is 4.06. The van der Waals surface area contributed by atoms with Crippen molar-refractivity contribution in [3.8, 4) is 17.2 Å². The quantitative estimate of drug-likeness (QED) is 0.851. The summed E-state index contributed by atoms with van der Waals surface area (Å²) >= 11 is 5.87. The number of halogens is 1. The normalized spacial score (nSPS) is 10.1. The second kappa shape index (κ2) is 4.67. The summed E-state index contributed by atoms with van der Waals surface area (Å²) in [5.74, 6) is 0. The maximum Gasteiger partial charge on any atom is 0.102 e. The van der Waals surface area contributed by atoms with Crippen molar-refractivity contribution in [3.05, 3.63) is 46.2 Å². The van der Waals surface area contributed by atoms with Gasteiger partial charge in [-0.15, -0.1) is 0 Å². The molecule has 0 bridgehead atoms. The minimum atomic E-state index is 0.514. The fraction of sp³-hybridized carbons (Fsp3) is 0.143. The molecule has 3 nitrogen and oxygen atoms in total. The van der Waals surface area contributed by atoms with Gasteiger partial charge in [0, 0.05) is 10.6 Å². The fourth-order valence-corrected chi connectivity index (χ4v) is 2.04. The first-order valence-electron chi connectivity index (χ1n) is 5.47. The van der Waals surface area contributed by atoms with Crippen LogP contribution in [0, 0.1) is 25.2 Å². The Morgan fingerprint density at radius 1 is 1.17 bits per heavy atom. The maximum atomic E-state index is 9.26. The number of aryl methyl sites for hydroxylation is 2. The van der Waals surface area contributed by atoms with E-state index in [0.717, 1.165) is 16.8 Å². The predicted molar refractivity (Wildman–Crippen MR) is 73.3 cm³/mol. The van der Waals surface area contributed by atoms with Crippen LogP contribution in [0.3, 0.4) is 0 Å². The summed E-state index contributed by atoms with van der Waals surface area (Å²) in [5, 5.41) is 9.91. The van der Waals surface area contributed by atoms with E-state index in [9.17, 15) is 5.26 Å². The number of nitrogen functional groups attached to an aromatic ring is 1. The van der Waals surface area contributed by atoms with Crippen LogP contribution in [0.5, 0.6) is 0 Å². The average molecular weight is 258 g/mol. The molecule has 0 saturated carbocycles. The van der Waals surface area contributed by atoms with Crippen LogP contribution in [0.4, 0.5) is 5.69 Å². The summed E-state index contributed by atoms with van der Waals surface area (Å²) in [6.07, 6.45) is 0. The lowest BCUT2D eigenvalue weighted by atomic mass is 9.97. The summed E-state index contributed by atoms with van der Waals surface area (Å²) in [4.78, 5) is 4.27. The van der Waals surface area contributed by atoms with Crippen LogP contribution in [0.2, 0.25) is 5.02 Å². The molecule has 4 heteroatoms. The highest BCUT2D eigenvalue weighted by Crippen LogP contribution is 2.33. The Morgan fingerprint density at radius 3 is 2.33 bits per heavy atom. The number of anilines is 1. The lowest BCUT2D eigenvalue weighted by Gasteiger charge is -2.12. The van der Waals surface area contributed by atoms with E-state index >= 15 is 0 Å². The van der Waals surface area contributed by atoms with Crippen LogP contribution < -0.4 is 5.73 Å². The minimum Gasteiger partial charge on any atom is -0.397 e. The molecule has 0 aliphatic carbocycles. The second-order valence-corrected chi connectivity index (χ2v) is 4.50. The Bertz CT molecular complexity index is 640. The molecule has 1 aromatic carbocycles. The first-order chi connectivity index (χ1) is 8.54. The van der Waals surface area contributed by atoms with E-state index < -0.39 is 0 Å². The van der Waals surface area contributed by atoms with Gasteiger partial charge in [0.15, 0.2) is 0 Å².